The van der Waals surface area contributed by atoms with Gasteiger partial charge in [-0.2, -0.15) is 0 Å². The summed E-state index contributed by atoms with van der Waals surface area (Å²) >= 11 is 0. The number of allylic oxidation sites excluding steroid dienone is 1. The summed E-state index contributed by atoms with van der Waals surface area (Å²) < 4.78 is 5.40. The van der Waals surface area contributed by atoms with Gasteiger partial charge in [0.25, 0.3) is 0 Å². The van der Waals surface area contributed by atoms with E-state index in [-0.39, 0.29) is 5.97 Å². The highest BCUT2D eigenvalue weighted by atomic mass is 16.5. The molecule has 2 nitrogen and oxygen atoms in total. The van der Waals surface area contributed by atoms with Crippen LogP contribution in [0.1, 0.15) is 41.9 Å². The Labute approximate surface area is 142 Å². The van der Waals surface area contributed by atoms with Gasteiger partial charge >= 0.3 is 5.97 Å². The molecule has 2 heteroatoms. The minimum Gasteiger partial charge on any atom is -0.463 e. The Kier molecular flexibility index (Phi) is 2.97. The van der Waals surface area contributed by atoms with E-state index in [0.717, 1.165) is 5.57 Å². The lowest BCUT2D eigenvalue weighted by Crippen LogP contribution is -2.38. The van der Waals surface area contributed by atoms with Crippen LogP contribution in [-0.2, 0) is 9.53 Å². The summed E-state index contributed by atoms with van der Waals surface area (Å²) in [5, 5.41) is 0. The lowest BCUT2D eigenvalue weighted by Gasteiger charge is -2.44. The average Bonchev–Trinajstić information content (AvgIpc) is 3.09. The monoisotopic (exact) mass is 316 g/mol. The number of esters is 1. The Morgan fingerprint density at radius 1 is 0.958 bits per heavy atom. The number of carbonyl (C=O) groups excluding carboxylic acids is 1. The van der Waals surface area contributed by atoms with Crippen LogP contribution >= 0.6 is 0 Å². The number of carbonyl (C=O) groups is 1. The largest absolute Gasteiger partial charge is 0.463 e. The van der Waals surface area contributed by atoms with Gasteiger partial charge in [-0.15, -0.1) is 0 Å². The summed E-state index contributed by atoms with van der Waals surface area (Å²) in [7, 11) is 0. The maximum Gasteiger partial charge on any atom is 0.334 e. The van der Waals surface area contributed by atoms with Crippen molar-refractivity contribution in [2.24, 2.45) is 11.8 Å². The second-order valence-corrected chi connectivity index (χ2v) is 7.04. The third-order valence-corrected chi connectivity index (χ3v) is 6.09. The molecule has 3 aliphatic rings. The number of rotatable bonds is 3. The molecule has 0 saturated heterocycles. The van der Waals surface area contributed by atoms with E-state index in [9.17, 15) is 4.79 Å². The maximum absolute atomic E-state index is 12.7. The standard InChI is InChI=1S/C22H20O2/c1-2-24-22(23)21-18(13-8-4-3-5-9-13)19-16-12-17(20(19)21)15-11-7-6-10-14(15)16/h3-11,16-17,19-20H,2,12H2,1H3/t16-,17+,19+,20+/m0/s1. The molecule has 0 heterocycles. The zero-order valence-electron chi connectivity index (χ0n) is 13.7. The summed E-state index contributed by atoms with van der Waals surface area (Å²) in [6, 6.07) is 19.2. The second-order valence-electron chi connectivity index (χ2n) is 7.04. The zero-order valence-corrected chi connectivity index (χ0v) is 13.7. The number of ether oxygens (including phenoxy) is 1. The molecule has 24 heavy (non-hydrogen) atoms. The van der Waals surface area contributed by atoms with Gasteiger partial charge in [-0.05, 0) is 53.4 Å². The molecule has 0 radical (unpaired) electrons. The molecule has 0 amide bonds. The van der Waals surface area contributed by atoms with Crippen LogP contribution in [0.25, 0.3) is 5.57 Å². The number of hydrogen-bond donors (Lipinski definition) is 0. The van der Waals surface area contributed by atoms with Gasteiger partial charge in [0.15, 0.2) is 0 Å². The van der Waals surface area contributed by atoms with Gasteiger partial charge in [0, 0.05) is 11.5 Å². The molecule has 0 unspecified atom stereocenters. The molecule has 2 bridgehead atoms. The first kappa shape index (κ1) is 14.0. The Morgan fingerprint density at radius 3 is 2.25 bits per heavy atom. The first-order chi connectivity index (χ1) is 11.8. The summed E-state index contributed by atoms with van der Waals surface area (Å²) in [5.41, 5.74) is 6.32. The molecule has 4 atom stereocenters. The van der Waals surface area contributed by atoms with Gasteiger partial charge in [0.2, 0.25) is 0 Å². The number of hydrogen-bond acceptors (Lipinski definition) is 2. The fourth-order valence-electron chi connectivity index (χ4n) is 5.34. The van der Waals surface area contributed by atoms with Crippen LogP contribution in [0.4, 0.5) is 0 Å². The van der Waals surface area contributed by atoms with Crippen LogP contribution in [0, 0.1) is 11.8 Å². The van der Waals surface area contributed by atoms with Crippen LogP contribution < -0.4 is 0 Å². The van der Waals surface area contributed by atoms with Crippen molar-refractivity contribution in [1.82, 2.24) is 0 Å². The number of benzene rings is 2. The quantitative estimate of drug-likeness (QED) is 0.777. The van der Waals surface area contributed by atoms with Crippen molar-refractivity contribution in [3.8, 4) is 0 Å². The average molecular weight is 316 g/mol. The molecule has 120 valence electrons. The summed E-state index contributed by atoms with van der Waals surface area (Å²) in [6.07, 6.45) is 1.17. The van der Waals surface area contributed by atoms with E-state index in [2.05, 4.69) is 48.5 Å². The lowest BCUT2D eigenvalue weighted by molar-refractivity contribution is -0.139. The second kappa shape index (κ2) is 5.07. The van der Waals surface area contributed by atoms with E-state index in [1.807, 2.05) is 13.0 Å². The van der Waals surface area contributed by atoms with Crippen molar-refractivity contribution in [2.45, 2.75) is 25.2 Å². The van der Waals surface area contributed by atoms with Crippen LogP contribution in [0.3, 0.4) is 0 Å². The lowest BCUT2D eigenvalue weighted by atomic mass is 9.58. The Morgan fingerprint density at radius 2 is 1.58 bits per heavy atom. The van der Waals surface area contributed by atoms with Crippen molar-refractivity contribution >= 4 is 11.5 Å². The van der Waals surface area contributed by atoms with Crippen molar-refractivity contribution in [2.75, 3.05) is 6.61 Å². The molecule has 5 rings (SSSR count). The van der Waals surface area contributed by atoms with Crippen LogP contribution in [0.15, 0.2) is 60.2 Å². The van der Waals surface area contributed by atoms with E-state index < -0.39 is 0 Å². The highest BCUT2D eigenvalue weighted by molar-refractivity contribution is 6.04. The molecule has 0 spiro atoms. The maximum atomic E-state index is 12.7. The van der Waals surface area contributed by atoms with Crippen LogP contribution in [0.5, 0.6) is 0 Å². The predicted octanol–water partition coefficient (Wildman–Crippen LogP) is 4.53. The Bertz CT molecular complexity index is 849. The normalized spacial score (nSPS) is 29.0. The van der Waals surface area contributed by atoms with Gasteiger partial charge in [-0.1, -0.05) is 54.6 Å². The molecular weight excluding hydrogens is 296 g/mol. The molecule has 1 fully saturated rings. The molecule has 2 aromatic carbocycles. The van der Waals surface area contributed by atoms with E-state index >= 15 is 0 Å². The van der Waals surface area contributed by atoms with Gasteiger partial charge in [-0.3, -0.25) is 0 Å². The van der Waals surface area contributed by atoms with Crippen molar-refractivity contribution < 1.29 is 9.53 Å². The molecular formula is C22H20O2. The zero-order chi connectivity index (χ0) is 16.3. The minimum absolute atomic E-state index is 0.109. The summed E-state index contributed by atoms with van der Waals surface area (Å²) in [6.45, 7) is 2.32. The van der Waals surface area contributed by atoms with Crippen molar-refractivity contribution in [3.63, 3.8) is 0 Å². The highest BCUT2D eigenvalue weighted by Crippen LogP contribution is 2.70. The van der Waals surface area contributed by atoms with Gasteiger partial charge in [-0.25, -0.2) is 4.79 Å². The van der Waals surface area contributed by atoms with Crippen LogP contribution in [0.2, 0.25) is 0 Å². The molecule has 2 aromatic rings. The third-order valence-electron chi connectivity index (χ3n) is 6.09. The summed E-state index contributed by atoms with van der Waals surface area (Å²) in [5.74, 6) is 1.76. The smallest absolute Gasteiger partial charge is 0.334 e. The van der Waals surface area contributed by atoms with E-state index in [1.165, 1.54) is 28.7 Å². The number of fused-ring (bicyclic) bond motifs is 8. The summed E-state index contributed by atoms with van der Waals surface area (Å²) in [4.78, 5) is 12.7. The molecule has 3 aliphatic carbocycles. The SMILES string of the molecule is CCOC(=O)C1=C(c2ccccc2)[C@@H]2[C@H]1[C@@H]1C[C@H]2c2ccccc21. The first-order valence-corrected chi connectivity index (χ1v) is 8.86. The Balaban J connectivity index is 1.64. The first-order valence-electron chi connectivity index (χ1n) is 8.86. The van der Waals surface area contributed by atoms with E-state index in [0.29, 0.717) is 30.3 Å². The van der Waals surface area contributed by atoms with Gasteiger partial charge in [0.1, 0.15) is 0 Å². The Hall–Kier alpha value is -2.35. The fraction of sp³-hybridized carbons (Fsp3) is 0.318. The van der Waals surface area contributed by atoms with Crippen LogP contribution in [-0.4, -0.2) is 12.6 Å². The van der Waals surface area contributed by atoms with Crippen molar-refractivity contribution in [3.05, 3.63) is 76.9 Å². The predicted molar refractivity (Wildman–Crippen MR) is 93.5 cm³/mol. The van der Waals surface area contributed by atoms with Crippen molar-refractivity contribution in [1.29, 1.82) is 0 Å². The molecule has 0 N–H and O–H groups in total. The van der Waals surface area contributed by atoms with E-state index in [1.54, 1.807) is 0 Å². The third kappa shape index (κ3) is 1.69. The minimum atomic E-state index is -0.109. The topological polar surface area (TPSA) is 26.3 Å². The fourth-order valence-corrected chi connectivity index (χ4v) is 5.34. The molecule has 0 aromatic heterocycles. The van der Waals surface area contributed by atoms with Gasteiger partial charge in [0.05, 0.1) is 6.61 Å². The van der Waals surface area contributed by atoms with Gasteiger partial charge < -0.3 is 4.74 Å². The molecule has 0 aliphatic heterocycles. The molecule has 1 saturated carbocycles. The van der Waals surface area contributed by atoms with E-state index in [4.69, 9.17) is 4.74 Å². The highest BCUT2D eigenvalue weighted by Gasteiger charge is 2.60.